The van der Waals surface area contributed by atoms with E-state index in [1.165, 1.54) is 38.5 Å². The first kappa shape index (κ1) is 22.8. The zero-order valence-corrected chi connectivity index (χ0v) is 20.6. The minimum atomic E-state index is -0.520. The van der Waals surface area contributed by atoms with E-state index in [9.17, 15) is 10.2 Å². The third-order valence-electron chi connectivity index (χ3n) is 10.8. The van der Waals surface area contributed by atoms with E-state index < -0.39 is 5.60 Å². The van der Waals surface area contributed by atoms with E-state index in [4.69, 9.17) is 0 Å². The summed E-state index contributed by atoms with van der Waals surface area (Å²) in [4.78, 5) is 0. The Morgan fingerprint density at radius 3 is 2.50 bits per heavy atom. The number of aliphatic hydroxyl groups excluding tert-OH is 1. The lowest BCUT2D eigenvalue weighted by molar-refractivity contribution is -0.0603. The van der Waals surface area contributed by atoms with Crippen LogP contribution >= 0.6 is 0 Å². The van der Waals surface area contributed by atoms with Gasteiger partial charge in [-0.15, -0.1) is 0 Å². The molecule has 172 valence electrons. The fourth-order valence-electron chi connectivity index (χ4n) is 9.15. The molecule has 2 heteroatoms. The Kier molecular flexibility index (Phi) is 6.02. The maximum Gasteiger partial charge on any atom is 0.0591 e. The SMILES string of the molecule is CC1C(C)C2C3CC=C4CC(O)CCC4(C)C3CCC2(C)C1CCCCC(C)(C)O. The number of hydrogen-bond acceptors (Lipinski definition) is 2. The second kappa shape index (κ2) is 7.91. The summed E-state index contributed by atoms with van der Waals surface area (Å²) in [6, 6.07) is 0. The first-order chi connectivity index (χ1) is 14.0. The molecule has 0 heterocycles. The zero-order valence-electron chi connectivity index (χ0n) is 20.6. The van der Waals surface area contributed by atoms with Gasteiger partial charge in [-0.3, -0.25) is 0 Å². The van der Waals surface area contributed by atoms with E-state index in [1.807, 2.05) is 13.8 Å². The monoisotopic (exact) mass is 416 g/mol. The summed E-state index contributed by atoms with van der Waals surface area (Å²) in [5.41, 5.74) is 1.91. The minimum absolute atomic E-state index is 0.103. The predicted molar refractivity (Wildman–Crippen MR) is 125 cm³/mol. The van der Waals surface area contributed by atoms with Crippen LogP contribution < -0.4 is 0 Å². The van der Waals surface area contributed by atoms with Crippen LogP contribution in [0, 0.1) is 46.3 Å². The van der Waals surface area contributed by atoms with E-state index in [0.717, 1.165) is 61.2 Å². The highest BCUT2D eigenvalue weighted by Gasteiger charge is 2.62. The van der Waals surface area contributed by atoms with Crippen molar-refractivity contribution in [2.75, 3.05) is 0 Å². The normalized spacial score (nSPS) is 48.5. The van der Waals surface area contributed by atoms with Gasteiger partial charge in [-0.1, -0.05) is 52.2 Å². The minimum Gasteiger partial charge on any atom is -0.393 e. The average Bonchev–Trinajstić information content (AvgIpc) is 2.85. The molecular weight excluding hydrogens is 368 g/mol. The summed E-state index contributed by atoms with van der Waals surface area (Å²) < 4.78 is 0. The van der Waals surface area contributed by atoms with Crippen molar-refractivity contribution < 1.29 is 10.2 Å². The first-order valence-corrected chi connectivity index (χ1v) is 13.1. The molecule has 0 aliphatic heterocycles. The van der Waals surface area contributed by atoms with Crippen LogP contribution in [0.1, 0.15) is 106 Å². The Morgan fingerprint density at radius 2 is 1.80 bits per heavy atom. The summed E-state index contributed by atoms with van der Waals surface area (Å²) in [6.07, 6.45) is 14.3. The molecule has 30 heavy (non-hydrogen) atoms. The molecule has 2 nitrogen and oxygen atoms in total. The Balaban J connectivity index is 1.52. The molecule has 0 bridgehead atoms. The van der Waals surface area contributed by atoms with Crippen LogP contribution in [0.15, 0.2) is 11.6 Å². The Morgan fingerprint density at radius 1 is 1.07 bits per heavy atom. The zero-order chi connectivity index (χ0) is 21.9. The molecule has 4 aliphatic carbocycles. The molecule has 0 amide bonds. The topological polar surface area (TPSA) is 40.5 Å². The molecule has 3 fully saturated rings. The van der Waals surface area contributed by atoms with Crippen molar-refractivity contribution in [3.05, 3.63) is 11.6 Å². The maximum absolute atomic E-state index is 10.3. The van der Waals surface area contributed by atoms with E-state index in [-0.39, 0.29) is 6.10 Å². The molecule has 9 atom stereocenters. The van der Waals surface area contributed by atoms with Crippen molar-refractivity contribution >= 4 is 0 Å². The van der Waals surface area contributed by atoms with Crippen LogP contribution in [0.3, 0.4) is 0 Å². The second-order valence-electron chi connectivity index (χ2n) is 13.0. The maximum atomic E-state index is 10.3. The second-order valence-corrected chi connectivity index (χ2v) is 13.0. The summed E-state index contributed by atoms with van der Waals surface area (Å²) in [5, 5.41) is 20.3. The smallest absolute Gasteiger partial charge is 0.0591 e. The van der Waals surface area contributed by atoms with Crippen LogP contribution in [-0.4, -0.2) is 21.9 Å². The molecule has 0 spiro atoms. The van der Waals surface area contributed by atoms with Crippen molar-refractivity contribution in [2.24, 2.45) is 46.3 Å². The van der Waals surface area contributed by atoms with Crippen LogP contribution in [0.4, 0.5) is 0 Å². The number of aliphatic hydroxyl groups is 2. The molecule has 0 aromatic rings. The molecule has 0 aromatic carbocycles. The van der Waals surface area contributed by atoms with Crippen molar-refractivity contribution in [1.29, 1.82) is 0 Å². The quantitative estimate of drug-likeness (QED) is 0.384. The molecule has 4 rings (SSSR count). The first-order valence-electron chi connectivity index (χ1n) is 13.1. The standard InChI is InChI=1S/C28H48O2/c1-18-19(2)25-22-11-10-20-17-21(29)12-15-27(20,5)24(22)13-16-28(25,6)23(18)9-7-8-14-26(3,4)30/h10,18-19,21-25,29-30H,7-9,11-17H2,1-6H3. The molecular formula is C28H48O2. The van der Waals surface area contributed by atoms with Gasteiger partial charge in [0.2, 0.25) is 0 Å². The highest BCUT2D eigenvalue weighted by molar-refractivity contribution is 5.25. The molecule has 9 unspecified atom stereocenters. The van der Waals surface area contributed by atoms with Gasteiger partial charge in [-0.05, 0) is 112 Å². The lowest BCUT2D eigenvalue weighted by Crippen LogP contribution is -2.51. The molecule has 0 radical (unpaired) electrons. The average molecular weight is 417 g/mol. The fourth-order valence-corrected chi connectivity index (χ4v) is 9.15. The van der Waals surface area contributed by atoms with Gasteiger partial charge in [0.1, 0.15) is 0 Å². The van der Waals surface area contributed by atoms with Crippen LogP contribution in [0.25, 0.3) is 0 Å². The van der Waals surface area contributed by atoms with Crippen molar-refractivity contribution in [3.63, 3.8) is 0 Å². The molecule has 0 aromatic heterocycles. The van der Waals surface area contributed by atoms with Gasteiger partial charge in [0.25, 0.3) is 0 Å². The van der Waals surface area contributed by atoms with Gasteiger partial charge in [0.15, 0.2) is 0 Å². The summed E-state index contributed by atoms with van der Waals surface area (Å²) in [7, 11) is 0. The van der Waals surface area contributed by atoms with Gasteiger partial charge >= 0.3 is 0 Å². The van der Waals surface area contributed by atoms with Crippen LogP contribution in [-0.2, 0) is 0 Å². The van der Waals surface area contributed by atoms with E-state index in [1.54, 1.807) is 5.57 Å². The molecule has 4 aliphatic rings. The molecule has 3 saturated carbocycles. The Hall–Kier alpha value is -0.340. The van der Waals surface area contributed by atoms with E-state index >= 15 is 0 Å². The highest BCUT2D eigenvalue weighted by Crippen LogP contribution is 2.69. The van der Waals surface area contributed by atoms with E-state index in [2.05, 4.69) is 33.8 Å². The molecule has 0 saturated heterocycles. The van der Waals surface area contributed by atoms with Crippen LogP contribution in [0.2, 0.25) is 0 Å². The van der Waals surface area contributed by atoms with Gasteiger partial charge < -0.3 is 10.2 Å². The lowest BCUT2D eigenvalue weighted by Gasteiger charge is -2.58. The van der Waals surface area contributed by atoms with Crippen molar-refractivity contribution in [3.8, 4) is 0 Å². The number of unbranched alkanes of at least 4 members (excludes halogenated alkanes) is 1. The van der Waals surface area contributed by atoms with Crippen molar-refractivity contribution in [1.82, 2.24) is 0 Å². The van der Waals surface area contributed by atoms with E-state index in [0.29, 0.717) is 10.8 Å². The fraction of sp³-hybridized carbons (Fsp3) is 0.929. The largest absolute Gasteiger partial charge is 0.393 e. The summed E-state index contributed by atoms with van der Waals surface area (Å²) >= 11 is 0. The lowest BCUT2D eigenvalue weighted by atomic mass is 9.46. The van der Waals surface area contributed by atoms with Gasteiger partial charge in [-0.2, -0.15) is 0 Å². The number of rotatable bonds is 5. The van der Waals surface area contributed by atoms with Gasteiger partial charge in [0.05, 0.1) is 11.7 Å². The highest BCUT2D eigenvalue weighted by atomic mass is 16.3. The van der Waals surface area contributed by atoms with Crippen molar-refractivity contribution in [2.45, 2.75) is 117 Å². The Bertz CT molecular complexity index is 660. The van der Waals surface area contributed by atoms with Crippen LogP contribution in [0.5, 0.6) is 0 Å². The van der Waals surface area contributed by atoms with Gasteiger partial charge in [-0.25, -0.2) is 0 Å². The predicted octanol–water partition coefficient (Wildman–Crippen LogP) is 6.75. The number of fused-ring (bicyclic) bond motifs is 5. The molecule has 2 N–H and O–H groups in total. The van der Waals surface area contributed by atoms with Gasteiger partial charge in [0, 0.05) is 0 Å². The number of allylic oxidation sites excluding steroid dienone is 1. The Labute approximate surface area is 185 Å². The summed E-state index contributed by atoms with van der Waals surface area (Å²) in [5.74, 6) is 4.99. The number of hydrogen-bond donors (Lipinski definition) is 2. The third-order valence-corrected chi connectivity index (χ3v) is 10.8. The summed E-state index contributed by atoms with van der Waals surface area (Å²) in [6.45, 7) is 14.2. The third kappa shape index (κ3) is 3.72.